The Morgan fingerprint density at radius 2 is 2.11 bits per heavy atom. The Morgan fingerprint density at radius 3 is 2.93 bits per heavy atom. The molecule has 0 aliphatic rings. The van der Waals surface area contributed by atoms with Gasteiger partial charge in [0.2, 0.25) is 0 Å². The lowest BCUT2D eigenvalue weighted by molar-refractivity contribution is 0.102. The van der Waals surface area contributed by atoms with E-state index in [1.54, 1.807) is 30.7 Å². The number of ether oxygens (including phenoxy) is 1. The molecule has 4 aromatic heterocycles. The van der Waals surface area contributed by atoms with Crippen LogP contribution in [0.3, 0.4) is 0 Å². The Labute approximate surface area is 161 Å². The van der Waals surface area contributed by atoms with Crippen molar-refractivity contribution in [2.75, 3.05) is 5.32 Å². The SMILES string of the molecule is CCc1cccc(NC(=O)c2cc(Oc3cncc(C)c3)cn3ncnc23)n1. The summed E-state index contributed by atoms with van der Waals surface area (Å²) >= 11 is 0. The van der Waals surface area contributed by atoms with Crippen molar-refractivity contribution in [3.05, 3.63) is 72.1 Å². The first-order chi connectivity index (χ1) is 13.6. The predicted octanol–water partition coefficient (Wildman–Crippen LogP) is 3.43. The van der Waals surface area contributed by atoms with Crippen molar-refractivity contribution in [2.24, 2.45) is 0 Å². The van der Waals surface area contributed by atoms with Gasteiger partial charge in [0.25, 0.3) is 5.91 Å². The van der Waals surface area contributed by atoms with Crippen LogP contribution in [0.4, 0.5) is 5.82 Å². The highest BCUT2D eigenvalue weighted by atomic mass is 16.5. The summed E-state index contributed by atoms with van der Waals surface area (Å²) in [7, 11) is 0. The second-order valence-electron chi connectivity index (χ2n) is 6.24. The fourth-order valence-electron chi connectivity index (χ4n) is 2.77. The standard InChI is InChI=1S/C20H18N6O2/c1-3-14-5-4-6-18(24-14)25-20(27)17-8-16(11-26-19(17)22-12-23-26)28-15-7-13(2)9-21-10-15/h4-12H,3H2,1-2H3,(H,24,25,27). The van der Waals surface area contributed by atoms with Gasteiger partial charge in [0, 0.05) is 11.9 Å². The minimum atomic E-state index is -0.341. The van der Waals surface area contributed by atoms with Crippen LogP contribution in [-0.2, 0) is 6.42 Å². The lowest BCUT2D eigenvalue weighted by Gasteiger charge is -2.10. The van der Waals surface area contributed by atoms with Crippen LogP contribution in [0, 0.1) is 6.92 Å². The third-order valence-corrected chi connectivity index (χ3v) is 4.09. The molecule has 1 N–H and O–H groups in total. The van der Waals surface area contributed by atoms with Gasteiger partial charge in [-0.3, -0.25) is 9.78 Å². The molecule has 4 rings (SSSR count). The van der Waals surface area contributed by atoms with E-state index < -0.39 is 0 Å². The molecule has 0 atom stereocenters. The number of rotatable bonds is 5. The Hall–Kier alpha value is -3.81. The van der Waals surface area contributed by atoms with Gasteiger partial charge in [0.1, 0.15) is 23.6 Å². The van der Waals surface area contributed by atoms with Gasteiger partial charge in [-0.05, 0) is 43.2 Å². The topological polar surface area (TPSA) is 94.3 Å². The molecule has 0 bridgehead atoms. The smallest absolute Gasteiger partial charge is 0.260 e. The average molecular weight is 374 g/mol. The maximum atomic E-state index is 12.9. The number of aryl methyl sites for hydroxylation is 2. The van der Waals surface area contributed by atoms with E-state index in [-0.39, 0.29) is 5.91 Å². The molecule has 0 spiro atoms. The number of nitrogens with zero attached hydrogens (tertiary/aromatic N) is 5. The number of pyridine rings is 3. The van der Waals surface area contributed by atoms with Crippen molar-refractivity contribution in [1.29, 1.82) is 0 Å². The average Bonchev–Trinajstić information content (AvgIpc) is 3.16. The van der Waals surface area contributed by atoms with Crippen LogP contribution in [0.15, 0.2) is 55.2 Å². The summed E-state index contributed by atoms with van der Waals surface area (Å²) in [5.74, 6) is 1.16. The van der Waals surface area contributed by atoms with Gasteiger partial charge in [0.15, 0.2) is 5.65 Å². The van der Waals surface area contributed by atoms with Gasteiger partial charge >= 0.3 is 0 Å². The van der Waals surface area contributed by atoms with Crippen molar-refractivity contribution < 1.29 is 9.53 Å². The number of hydrogen-bond donors (Lipinski definition) is 1. The molecule has 0 radical (unpaired) electrons. The lowest BCUT2D eigenvalue weighted by Crippen LogP contribution is -2.15. The van der Waals surface area contributed by atoms with E-state index in [0.717, 1.165) is 17.7 Å². The van der Waals surface area contributed by atoms with Gasteiger partial charge in [-0.15, -0.1) is 0 Å². The second kappa shape index (κ2) is 7.43. The Bertz CT molecular complexity index is 1150. The zero-order chi connectivity index (χ0) is 19.5. The molecule has 0 aromatic carbocycles. The number of carbonyl (C=O) groups is 1. The Kier molecular flexibility index (Phi) is 4.67. The summed E-state index contributed by atoms with van der Waals surface area (Å²) in [4.78, 5) is 25.6. The summed E-state index contributed by atoms with van der Waals surface area (Å²) in [6.07, 6.45) is 7.19. The fraction of sp³-hybridized carbons (Fsp3) is 0.150. The molecule has 0 aliphatic heterocycles. The molecule has 1 amide bonds. The van der Waals surface area contributed by atoms with Gasteiger partial charge in [-0.2, -0.15) is 5.10 Å². The van der Waals surface area contributed by atoms with Crippen molar-refractivity contribution in [2.45, 2.75) is 20.3 Å². The fourth-order valence-corrected chi connectivity index (χ4v) is 2.77. The summed E-state index contributed by atoms with van der Waals surface area (Å²) in [6, 6.07) is 9.01. The highest BCUT2D eigenvalue weighted by Gasteiger charge is 2.16. The summed E-state index contributed by atoms with van der Waals surface area (Å²) in [5.41, 5.74) is 2.63. The number of amides is 1. The molecule has 4 aromatic rings. The van der Waals surface area contributed by atoms with Crippen LogP contribution < -0.4 is 10.1 Å². The molecular formula is C20H18N6O2. The Balaban J connectivity index is 1.67. The van der Waals surface area contributed by atoms with Crippen LogP contribution in [0.25, 0.3) is 5.65 Å². The molecule has 0 saturated heterocycles. The molecule has 140 valence electrons. The van der Waals surface area contributed by atoms with Crippen LogP contribution in [-0.4, -0.2) is 30.5 Å². The van der Waals surface area contributed by atoms with E-state index in [4.69, 9.17) is 4.74 Å². The summed E-state index contributed by atoms with van der Waals surface area (Å²) in [6.45, 7) is 3.94. The molecule has 0 aliphatic carbocycles. The molecule has 4 heterocycles. The molecular weight excluding hydrogens is 356 g/mol. The normalized spacial score (nSPS) is 10.8. The molecule has 8 nitrogen and oxygen atoms in total. The zero-order valence-electron chi connectivity index (χ0n) is 15.5. The highest BCUT2D eigenvalue weighted by Crippen LogP contribution is 2.24. The number of nitrogens with one attached hydrogen (secondary N) is 1. The monoisotopic (exact) mass is 374 g/mol. The first-order valence-electron chi connectivity index (χ1n) is 8.82. The van der Waals surface area contributed by atoms with Crippen molar-refractivity contribution >= 4 is 17.4 Å². The van der Waals surface area contributed by atoms with Crippen LogP contribution >= 0.6 is 0 Å². The van der Waals surface area contributed by atoms with Gasteiger partial charge in [-0.1, -0.05) is 13.0 Å². The lowest BCUT2D eigenvalue weighted by atomic mass is 10.2. The number of hydrogen-bond acceptors (Lipinski definition) is 6. The maximum Gasteiger partial charge on any atom is 0.260 e. The van der Waals surface area contributed by atoms with Crippen molar-refractivity contribution in [1.82, 2.24) is 24.6 Å². The second-order valence-corrected chi connectivity index (χ2v) is 6.24. The molecule has 8 heteroatoms. The van der Waals surface area contributed by atoms with Crippen molar-refractivity contribution in [3.8, 4) is 11.5 Å². The quantitative estimate of drug-likeness (QED) is 0.575. The summed E-state index contributed by atoms with van der Waals surface area (Å²) in [5, 5.41) is 6.95. The highest BCUT2D eigenvalue weighted by molar-refractivity contribution is 6.08. The molecule has 0 unspecified atom stereocenters. The van der Waals surface area contributed by atoms with Gasteiger partial charge in [0.05, 0.1) is 18.0 Å². The first-order valence-corrected chi connectivity index (χ1v) is 8.82. The predicted molar refractivity (Wildman–Crippen MR) is 104 cm³/mol. The van der Waals surface area contributed by atoms with Gasteiger partial charge in [-0.25, -0.2) is 14.5 Å². The summed E-state index contributed by atoms with van der Waals surface area (Å²) < 4.78 is 7.37. The van der Waals surface area contributed by atoms with E-state index in [1.165, 1.54) is 10.8 Å². The zero-order valence-corrected chi connectivity index (χ0v) is 15.5. The molecule has 28 heavy (non-hydrogen) atoms. The minimum Gasteiger partial charge on any atom is -0.454 e. The van der Waals surface area contributed by atoms with Crippen molar-refractivity contribution in [3.63, 3.8) is 0 Å². The van der Waals surface area contributed by atoms with E-state index in [2.05, 4.69) is 25.4 Å². The van der Waals surface area contributed by atoms with E-state index in [1.807, 2.05) is 32.0 Å². The number of fused-ring (bicyclic) bond motifs is 1. The largest absolute Gasteiger partial charge is 0.454 e. The van der Waals surface area contributed by atoms with E-state index >= 15 is 0 Å². The van der Waals surface area contributed by atoms with Crippen LogP contribution in [0.5, 0.6) is 11.5 Å². The third kappa shape index (κ3) is 3.66. The molecule has 0 saturated carbocycles. The maximum absolute atomic E-state index is 12.9. The van der Waals surface area contributed by atoms with Gasteiger partial charge < -0.3 is 10.1 Å². The number of aromatic nitrogens is 5. The minimum absolute atomic E-state index is 0.333. The number of anilines is 1. The first kappa shape index (κ1) is 17.6. The van der Waals surface area contributed by atoms with E-state index in [0.29, 0.717) is 28.5 Å². The van der Waals surface area contributed by atoms with E-state index in [9.17, 15) is 4.79 Å². The number of carbonyl (C=O) groups excluding carboxylic acids is 1. The Morgan fingerprint density at radius 1 is 1.21 bits per heavy atom. The van der Waals surface area contributed by atoms with Crippen LogP contribution in [0.1, 0.15) is 28.5 Å². The van der Waals surface area contributed by atoms with Crippen LogP contribution in [0.2, 0.25) is 0 Å². The third-order valence-electron chi connectivity index (χ3n) is 4.09. The molecule has 0 fully saturated rings.